The summed E-state index contributed by atoms with van der Waals surface area (Å²) in [7, 11) is 0. The van der Waals surface area contributed by atoms with Gasteiger partial charge in [-0.2, -0.15) is 0 Å². The molecule has 0 radical (unpaired) electrons. The van der Waals surface area contributed by atoms with Crippen molar-refractivity contribution in [3.63, 3.8) is 0 Å². The molecule has 2 rings (SSSR count). The van der Waals surface area contributed by atoms with Crippen LogP contribution in [-0.2, 0) is 19.4 Å². The third-order valence-corrected chi connectivity index (χ3v) is 5.76. The number of nitrogens with one attached hydrogen (secondary N) is 1. The van der Waals surface area contributed by atoms with E-state index in [1.165, 1.54) is 41.3 Å². The predicted octanol–water partition coefficient (Wildman–Crippen LogP) is 3.62. The average Bonchev–Trinajstić information content (AvgIpc) is 3.15. The number of aryl methyl sites for hydroxylation is 1. The Hall–Kier alpha value is -0.450. The number of rotatable bonds is 9. The maximum Gasteiger partial charge on any atom is 0.0944 e. The van der Waals surface area contributed by atoms with Gasteiger partial charge < -0.3 is 10.2 Å². The van der Waals surface area contributed by atoms with E-state index in [1.54, 1.807) is 0 Å². The van der Waals surface area contributed by atoms with Crippen LogP contribution < -0.4 is 5.32 Å². The molecule has 1 aliphatic carbocycles. The van der Waals surface area contributed by atoms with Crippen molar-refractivity contribution in [3.8, 4) is 0 Å². The van der Waals surface area contributed by atoms with E-state index in [4.69, 9.17) is 4.98 Å². The average molecular weight is 310 g/mol. The molecule has 0 spiro atoms. The van der Waals surface area contributed by atoms with Gasteiger partial charge in [0.2, 0.25) is 0 Å². The maximum atomic E-state index is 4.87. The van der Waals surface area contributed by atoms with Crippen molar-refractivity contribution in [1.29, 1.82) is 0 Å². The smallest absolute Gasteiger partial charge is 0.0944 e. The molecule has 4 heteroatoms. The third kappa shape index (κ3) is 5.04. The van der Waals surface area contributed by atoms with Crippen molar-refractivity contribution in [3.05, 3.63) is 15.6 Å². The molecule has 1 aromatic heterocycles. The SMILES string of the molecule is CCc1nc(CCN(CC)CC)sc1CNC1CCCC1. The first-order chi connectivity index (χ1) is 10.3. The van der Waals surface area contributed by atoms with E-state index in [-0.39, 0.29) is 0 Å². The summed E-state index contributed by atoms with van der Waals surface area (Å²) in [4.78, 5) is 8.81. The summed E-state index contributed by atoms with van der Waals surface area (Å²) in [5.74, 6) is 0. The van der Waals surface area contributed by atoms with Gasteiger partial charge in [-0.15, -0.1) is 11.3 Å². The highest BCUT2D eigenvalue weighted by Crippen LogP contribution is 2.22. The Balaban J connectivity index is 1.88. The van der Waals surface area contributed by atoms with Crippen LogP contribution in [-0.4, -0.2) is 35.6 Å². The molecule has 0 saturated heterocycles. The molecule has 120 valence electrons. The van der Waals surface area contributed by atoms with Gasteiger partial charge in [-0.1, -0.05) is 33.6 Å². The van der Waals surface area contributed by atoms with Gasteiger partial charge in [-0.05, 0) is 32.4 Å². The minimum atomic E-state index is 0.746. The Bertz CT molecular complexity index is 406. The Labute approximate surface area is 134 Å². The van der Waals surface area contributed by atoms with Crippen molar-refractivity contribution >= 4 is 11.3 Å². The highest BCUT2D eigenvalue weighted by Gasteiger charge is 2.16. The van der Waals surface area contributed by atoms with Gasteiger partial charge in [0.1, 0.15) is 0 Å². The molecule has 21 heavy (non-hydrogen) atoms. The molecule has 0 bridgehead atoms. The number of likely N-dealkylation sites (N-methyl/N-ethyl adjacent to an activating group) is 1. The number of thiazole rings is 1. The zero-order chi connectivity index (χ0) is 15.1. The number of aromatic nitrogens is 1. The van der Waals surface area contributed by atoms with Crippen LogP contribution in [0, 0.1) is 0 Å². The van der Waals surface area contributed by atoms with Gasteiger partial charge in [0, 0.05) is 30.4 Å². The minimum absolute atomic E-state index is 0.746. The quantitative estimate of drug-likeness (QED) is 0.755. The predicted molar refractivity (Wildman–Crippen MR) is 92.1 cm³/mol. The summed E-state index contributed by atoms with van der Waals surface area (Å²) in [5, 5.41) is 5.05. The zero-order valence-electron chi connectivity index (χ0n) is 14.0. The largest absolute Gasteiger partial charge is 0.309 e. The second kappa shape index (κ2) is 8.86. The Morgan fingerprint density at radius 1 is 1.19 bits per heavy atom. The third-order valence-electron chi connectivity index (χ3n) is 4.60. The molecule has 1 aliphatic rings. The second-order valence-electron chi connectivity index (χ2n) is 5.97. The summed E-state index contributed by atoms with van der Waals surface area (Å²) in [5.41, 5.74) is 1.32. The van der Waals surface area contributed by atoms with Gasteiger partial charge >= 0.3 is 0 Å². The van der Waals surface area contributed by atoms with E-state index in [1.807, 2.05) is 11.3 Å². The Morgan fingerprint density at radius 3 is 2.52 bits per heavy atom. The number of hydrogen-bond acceptors (Lipinski definition) is 4. The molecule has 1 aromatic rings. The summed E-state index contributed by atoms with van der Waals surface area (Å²) >= 11 is 1.93. The first-order valence-corrected chi connectivity index (χ1v) is 9.51. The molecule has 0 atom stereocenters. The fraction of sp³-hybridized carbons (Fsp3) is 0.824. The van der Waals surface area contributed by atoms with Crippen molar-refractivity contribution < 1.29 is 0 Å². The molecule has 0 amide bonds. The van der Waals surface area contributed by atoms with Gasteiger partial charge in [0.15, 0.2) is 0 Å². The second-order valence-corrected chi connectivity index (χ2v) is 7.14. The van der Waals surface area contributed by atoms with Crippen LogP contribution >= 0.6 is 11.3 Å². The van der Waals surface area contributed by atoms with Crippen LogP contribution in [0.4, 0.5) is 0 Å². The van der Waals surface area contributed by atoms with Gasteiger partial charge in [0.05, 0.1) is 10.7 Å². The van der Waals surface area contributed by atoms with Gasteiger partial charge in [-0.25, -0.2) is 4.98 Å². The molecular formula is C17H31N3S. The first-order valence-electron chi connectivity index (χ1n) is 8.69. The monoisotopic (exact) mass is 309 g/mol. The van der Waals surface area contributed by atoms with Crippen LogP contribution in [0.2, 0.25) is 0 Å². The lowest BCUT2D eigenvalue weighted by Crippen LogP contribution is -2.25. The molecule has 1 heterocycles. The minimum Gasteiger partial charge on any atom is -0.309 e. The van der Waals surface area contributed by atoms with E-state index >= 15 is 0 Å². The summed E-state index contributed by atoms with van der Waals surface area (Å²) in [6.07, 6.45) is 7.67. The van der Waals surface area contributed by atoms with Crippen molar-refractivity contribution in [2.24, 2.45) is 0 Å². The molecular weight excluding hydrogens is 278 g/mol. The molecule has 1 saturated carbocycles. The summed E-state index contributed by atoms with van der Waals surface area (Å²) in [6, 6.07) is 0.746. The van der Waals surface area contributed by atoms with E-state index < -0.39 is 0 Å². The maximum absolute atomic E-state index is 4.87. The topological polar surface area (TPSA) is 28.2 Å². The van der Waals surface area contributed by atoms with Crippen LogP contribution in [0.25, 0.3) is 0 Å². The standard InChI is InChI=1S/C17H31N3S/c1-4-15-16(13-18-14-9-7-8-10-14)21-17(19-15)11-12-20(5-2)6-3/h14,18H,4-13H2,1-3H3. The molecule has 1 N–H and O–H groups in total. The van der Waals surface area contributed by atoms with E-state index in [2.05, 4.69) is 31.0 Å². The fourth-order valence-electron chi connectivity index (χ4n) is 3.12. The highest BCUT2D eigenvalue weighted by atomic mass is 32.1. The molecule has 0 aromatic carbocycles. The highest BCUT2D eigenvalue weighted by molar-refractivity contribution is 7.11. The number of nitrogens with zero attached hydrogens (tertiary/aromatic N) is 2. The van der Waals surface area contributed by atoms with E-state index in [9.17, 15) is 0 Å². The normalized spacial score (nSPS) is 16.2. The van der Waals surface area contributed by atoms with Crippen LogP contribution in [0.3, 0.4) is 0 Å². The Morgan fingerprint density at radius 2 is 1.90 bits per heavy atom. The molecule has 0 unspecified atom stereocenters. The van der Waals surface area contributed by atoms with Gasteiger partial charge in [-0.3, -0.25) is 0 Å². The lowest BCUT2D eigenvalue weighted by atomic mass is 10.2. The lowest BCUT2D eigenvalue weighted by Gasteiger charge is -2.16. The Kier molecular flexibility index (Phi) is 7.14. The fourth-order valence-corrected chi connectivity index (χ4v) is 4.22. The van der Waals surface area contributed by atoms with Crippen molar-refractivity contribution in [2.75, 3.05) is 19.6 Å². The summed E-state index contributed by atoms with van der Waals surface area (Å²) in [6.45, 7) is 11.1. The van der Waals surface area contributed by atoms with Crippen LogP contribution in [0.15, 0.2) is 0 Å². The molecule has 0 aliphatic heterocycles. The van der Waals surface area contributed by atoms with Crippen molar-refractivity contribution in [1.82, 2.24) is 15.2 Å². The first kappa shape index (κ1) is 16.9. The number of hydrogen-bond donors (Lipinski definition) is 1. The van der Waals surface area contributed by atoms with E-state index in [0.29, 0.717) is 0 Å². The van der Waals surface area contributed by atoms with Crippen LogP contribution in [0.1, 0.15) is 62.0 Å². The zero-order valence-corrected chi connectivity index (χ0v) is 14.8. The summed E-state index contributed by atoms with van der Waals surface area (Å²) < 4.78 is 0. The molecule has 3 nitrogen and oxygen atoms in total. The molecule has 1 fully saturated rings. The van der Waals surface area contributed by atoms with Gasteiger partial charge in [0.25, 0.3) is 0 Å². The van der Waals surface area contributed by atoms with Crippen molar-refractivity contribution in [2.45, 2.75) is 71.9 Å². The lowest BCUT2D eigenvalue weighted by molar-refractivity contribution is 0.308. The van der Waals surface area contributed by atoms with E-state index in [0.717, 1.165) is 45.1 Å². The van der Waals surface area contributed by atoms with Crippen LogP contribution in [0.5, 0.6) is 0 Å².